The SMILES string of the molecule is Cc1cc(C)c(NC(=O)c2c(C)nn(Cc3ccccc3)c2Cl)c(C)c1. The second kappa shape index (κ2) is 7.34. The van der Waals surface area contributed by atoms with Crippen molar-refractivity contribution in [1.82, 2.24) is 9.78 Å². The zero-order valence-electron chi connectivity index (χ0n) is 15.4. The van der Waals surface area contributed by atoms with Gasteiger partial charge in [-0.3, -0.25) is 4.79 Å². The molecular weight excluding hydrogens is 346 g/mol. The second-order valence-corrected chi connectivity index (χ2v) is 6.98. The number of hydrogen-bond donors (Lipinski definition) is 1. The molecule has 5 heteroatoms. The first-order valence-corrected chi connectivity index (χ1v) is 8.90. The molecule has 2 aromatic carbocycles. The molecule has 1 N–H and O–H groups in total. The highest BCUT2D eigenvalue weighted by Gasteiger charge is 2.21. The van der Waals surface area contributed by atoms with Crippen molar-refractivity contribution in [3.63, 3.8) is 0 Å². The largest absolute Gasteiger partial charge is 0.321 e. The van der Waals surface area contributed by atoms with E-state index >= 15 is 0 Å². The number of aryl methyl sites for hydroxylation is 4. The molecule has 1 amide bonds. The Balaban J connectivity index is 1.89. The molecule has 0 aliphatic carbocycles. The summed E-state index contributed by atoms with van der Waals surface area (Å²) >= 11 is 6.49. The number of benzene rings is 2. The van der Waals surface area contributed by atoms with E-state index in [9.17, 15) is 4.79 Å². The van der Waals surface area contributed by atoms with Crippen LogP contribution in [0.4, 0.5) is 5.69 Å². The quantitative estimate of drug-likeness (QED) is 0.699. The summed E-state index contributed by atoms with van der Waals surface area (Å²) < 4.78 is 1.66. The maximum absolute atomic E-state index is 12.9. The van der Waals surface area contributed by atoms with Gasteiger partial charge in [0.2, 0.25) is 0 Å². The van der Waals surface area contributed by atoms with Crippen LogP contribution in [0.3, 0.4) is 0 Å². The van der Waals surface area contributed by atoms with Crippen LogP contribution in [0.1, 0.15) is 38.3 Å². The van der Waals surface area contributed by atoms with Gasteiger partial charge in [0.15, 0.2) is 0 Å². The number of carbonyl (C=O) groups is 1. The standard InChI is InChI=1S/C21H22ClN3O/c1-13-10-14(2)19(15(3)11-13)23-21(26)18-16(4)24-25(20(18)22)12-17-8-6-5-7-9-17/h5-11H,12H2,1-4H3,(H,23,26). The van der Waals surface area contributed by atoms with Gasteiger partial charge in [0.05, 0.1) is 17.8 Å². The zero-order chi connectivity index (χ0) is 18.8. The van der Waals surface area contributed by atoms with E-state index < -0.39 is 0 Å². The number of aromatic nitrogens is 2. The van der Waals surface area contributed by atoms with E-state index in [1.807, 2.05) is 51.1 Å². The maximum atomic E-state index is 12.9. The molecule has 0 atom stereocenters. The smallest absolute Gasteiger partial charge is 0.260 e. The number of carbonyl (C=O) groups excluding carboxylic acids is 1. The van der Waals surface area contributed by atoms with E-state index in [1.165, 1.54) is 5.56 Å². The highest BCUT2D eigenvalue weighted by atomic mass is 35.5. The van der Waals surface area contributed by atoms with Gasteiger partial charge in [0.1, 0.15) is 5.15 Å². The Hall–Kier alpha value is -2.59. The molecule has 0 aliphatic heterocycles. The Bertz CT molecular complexity index is 938. The minimum Gasteiger partial charge on any atom is -0.321 e. The Kier molecular flexibility index (Phi) is 5.14. The molecule has 4 nitrogen and oxygen atoms in total. The van der Waals surface area contributed by atoms with Gasteiger partial charge in [-0.1, -0.05) is 59.6 Å². The molecule has 1 aromatic heterocycles. The first-order chi connectivity index (χ1) is 12.4. The number of nitrogens with one attached hydrogen (secondary N) is 1. The molecule has 0 saturated carbocycles. The third-order valence-electron chi connectivity index (χ3n) is 4.38. The lowest BCUT2D eigenvalue weighted by Gasteiger charge is -2.13. The summed E-state index contributed by atoms with van der Waals surface area (Å²) in [4.78, 5) is 12.9. The maximum Gasteiger partial charge on any atom is 0.260 e. The Morgan fingerprint density at radius 1 is 1.08 bits per heavy atom. The molecule has 3 aromatic rings. The van der Waals surface area contributed by atoms with E-state index in [0.717, 1.165) is 22.4 Å². The molecule has 0 aliphatic rings. The monoisotopic (exact) mass is 367 g/mol. The van der Waals surface area contributed by atoms with Crippen LogP contribution in [0.25, 0.3) is 0 Å². The van der Waals surface area contributed by atoms with Crippen LogP contribution in [-0.4, -0.2) is 15.7 Å². The van der Waals surface area contributed by atoms with E-state index in [0.29, 0.717) is 23.0 Å². The van der Waals surface area contributed by atoms with Gasteiger partial charge in [-0.05, 0) is 44.4 Å². The molecular formula is C21H22ClN3O. The zero-order valence-corrected chi connectivity index (χ0v) is 16.2. The minimum atomic E-state index is -0.234. The third kappa shape index (κ3) is 3.65. The molecule has 134 valence electrons. The van der Waals surface area contributed by atoms with Crippen LogP contribution in [0.15, 0.2) is 42.5 Å². The van der Waals surface area contributed by atoms with Crippen LogP contribution in [0.2, 0.25) is 5.15 Å². The first-order valence-electron chi connectivity index (χ1n) is 8.53. The number of rotatable bonds is 4. The van der Waals surface area contributed by atoms with Gasteiger partial charge < -0.3 is 5.32 Å². The molecule has 0 bridgehead atoms. The molecule has 0 saturated heterocycles. The van der Waals surface area contributed by atoms with Crippen molar-refractivity contribution < 1.29 is 4.79 Å². The number of hydrogen-bond acceptors (Lipinski definition) is 2. The van der Waals surface area contributed by atoms with Crippen LogP contribution < -0.4 is 5.32 Å². The highest BCUT2D eigenvalue weighted by molar-refractivity contribution is 6.33. The predicted molar refractivity (Wildman–Crippen MR) is 106 cm³/mol. The van der Waals surface area contributed by atoms with Crippen molar-refractivity contribution in [2.24, 2.45) is 0 Å². The average Bonchev–Trinajstić information content (AvgIpc) is 2.85. The van der Waals surface area contributed by atoms with Crippen molar-refractivity contribution >= 4 is 23.2 Å². The van der Waals surface area contributed by atoms with Crippen molar-refractivity contribution in [2.45, 2.75) is 34.2 Å². The minimum absolute atomic E-state index is 0.234. The van der Waals surface area contributed by atoms with E-state index in [4.69, 9.17) is 11.6 Å². The lowest BCUT2D eigenvalue weighted by molar-refractivity contribution is 0.102. The van der Waals surface area contributed by atoms with Crippen LogP contribution in [0.5, 0.6) is 0 Å². The summed E-state index contributed by atoms with van der Waals surface area (Å²) in [7, 11) is 0. The number of nitrogens with zero attached hydrogens (tertiary/aromatic N) is 2. The Morgan fingerprint density at radius 3 is 2.31 bits per heavy atom. The average molecular weight is 368 g/mol. The lowest BCUT2D eigenvalue weighted by atomic mass is 10.0. The van der Waals surface area contributed by atoms with Gasteiger partial charge >= 0.3 is 0 Å². The normalized spacial score (nSPS) is 10.8. The Morgan fingerprint density at radius 2 is 1.69 bits per heavy atom. The van der Waals surface area contributed by atoms with Crippen molar-refractivity contribution in [2.75, 3.05) is 5.32 Å². The molecule has 0 unspecified atom stereocenters. The van der Waals surface area contributed by atoms with Crippen molar-refractivity contribution in [3.8, 4) is 0 Å². The van der Waals surface area contributed by atoms with Crippen LogP contribution in [0, 0.1) is 27.7 Å². The molecule has 26 heavy (non-hydrogen) atoms. The summed E-state index contributed by atoms with van der Waals surface area (Å²) in [6, 6.07) is 14.0. The van der Waals surface area contributed by atoms with Crippen LogP contribution >= 0.6 is 11.6 Å². The third-order valence-corrected chi connectivity index (χ3v) is 4.77. The van der Waals surface area contributed by atoms with Gasteiger partial charge in [-0.25, -0.2) is 4.68 Å². The Labute approximate surface area is 158 Å². The van der Waals surface area contributed by atoms with Crippen molar-refractivity contribution in [3.05, 3.63) is 81.1 Å². The molecule has 3 rings (SSSR count). The highest BCUT2D eigenvalue weighted by Crippen LogP contribution is 2.26. The summed E-state index contributed by atoms with van der Waals surface area (Å²) in [5.41, 5.74) is 6.17. The number of amides is 1. The topological polar surface area (TPSA) is 46.9 Å². The summed E-state index contributed by atoms with van der Waals surface area (Å²) in [6.07, 6.45) is 0. The van der Waals surface area contributed by atoms with E-state index in [1.54, 1.807) is 11.6 Å². The second-order valence-electron chi connectivity index (χ2n) is 6.62. The van der Waals surface area contributed by atoms with E-state index in [2.05, 4.69) is 22.5 Å². The first kappa shape index (κ1) is 18.2. The van der Waals surface area contributed by atoms with Crippen LogP contribution in [-0.2, 0) is 6.54 Å². The van der Waals surface area contributed by atoms with Crippen molar-refractivity contribution in [1.29, 1.82) is 0 Å². The predicted octanol–water partition coefficient (Wildman–Crippen LogP) is 5.07. The number of anilines is 1. The summed E-state index contributed by atoms with van der Waals surface area (Å²) in [5, 5.41) is 7.81. The van der Waals surface area contributed by atoms with E-state index in [-0.39, 0.29) is 5.91 Å². The fraction of sp³-hybridized carbons (Fsp3) is 0.238. The molecule has 0 spiro atoms. The van der Waals surface area contributed by atoms with Gasteiger partial charge in [-0.15, -0.1) is 0 Å². The molecule has 1 heterocycles. The molecule has 0 fully saturated rings. The molecule has 0 radical (unpaired) electrons. The number of halogens is 1. The van der Waals surface area contributed by atoms with Gasteiger partial charge in [0.25, 0.3) is 5.91 Å². The fourth-order valence-electron chi connectivity index (χ4n) is 3.23. The van der Waals surface area contributed by atoms with Gasteiger partial charge in [-0.2, -0.15) is 5.10 Å². The summed E-state index contributed by atoms with van der Waals surface area (Å²) in [6.45, 7) is 8.35. The fourth-order valence-corrected chi connectivity index (χ4v) is 3.55. The lowest BCUT2D eigenvalue weighted by Crippen LogP contribution is -2.15. The summed E-state index contributed by atoms with van der Waals surface area (Å²) in [5.74, 6) is -0.234. The van der Waals surface area contributed by atoms with Gasteiger partial charge in [0, 0.05) is 5.69 Å².